The molecule has 1 amide bonds. The minimum absolute atomic E-state index is 0.293. The first-order valence-corrected chi connectivity index (χ1v) is 9.58. The van der Waals surface area contributed by atoms with E-state index in [0.29, 0.717) is 46.2 Å². The fourth-order valence-electron chi connectivity index (χ4n) is 3.23. The number of fused-ring (bicyclic) bond motifs is 4. The molecule has 2 aromatic carbocycles. The van der Waals surface area contributed by atoms with Crippen molar-refractivity contribution in [3.8, 4) is 11.5 Å². The zero-order valence-corrected chi connectivity index (χ0v) is 15.7. The molecule has 0 spiro atoms. The van der Waals surface area contributed by atoms with Crippen molar-refractivity contribution in [2.75, 3.05) is 18.5 Å². The number of carbonyl (C=O) groups is 1. The second-order valence-corrected chi connectivity index (χ2v) is 7.61. The predicted molar refractivity (Wildman–Crippen MR) is 108 cm³/mol. The molecule has 1 N–H and O–H groups in total. The third kappa shape index (κ3) is 2.80. The molecule has 7 heteroatoms. The molecule has 0 saturated carbocycles. The van der Waals surface area contributed by atoms with E-state index in [1.807, 2.05) is 19.1 Å². The van der Waals surface area contributed by atoms with Crippen LogP contribution in [0.15, 0.2) is 51.7 Å². The summed E-state index contributed by atoms with van der Waals surface area (Å²) >= 11 is 1.28. The van der Waals surface area contributed by atoms with Gasteiger partial charge >= 0.3 is 5.63 Å². The van der Waals surface area contributed by atoms with Crippen molar-refractivity contribution in [3.05, 3.63) is 63.3 Å². The lowest BCUT2D eigenvalue weighted by molar-refractivity contribution is 0.103. The number of rotatable bonds is 2. The Balaban J connectivity index is 1.53. The summed E-state index contributed by atoms with van der Waals surface area (Å²) in [4.78, 5) is 25.5. The van der Waals surface area contributed by atoms with E-state index in [2.05, 4.69) is 5.32 Å². The summed E-state index contributed by atoms with van der Waals surface area (Å²) in [5, 5.41) is 4.10. The number of thiophene rings is 1. The van der Waals surface area contributed by atoms with Crippen LogP contribution in [0.25, 0.3) is 21.1 Å². The van der Waals surface area contributed by atoms with Gasteiger partial charge in [-0.05, 0) is 37.3 Å². The molecular formula is C21H15NO5S. The zero-order chi connectivity index (χ0) is 19.3. The van der Waals surface area contributed by atoms with Crippen molar-refractivity contribution in [2.45, 2.75) is 6.92 Å². The van der Waals surface area contributed by atoms with Crippen molar-refractivity contribution < 1.29 is 18.7 Å². The van der Waals surface area contributed by atoms with Crippen LogP contribution in [0.2, 0.25) is 0 Å². The van der Waals surface area contributed by atoms with Crippen molar-refractivity contribution in [1.29, 1.82) is 0 Å². The molecule has 140 valence electrons. The van der Waals surface area contributed by atoms with Crippen LogP contribution >= 0.6 is 11.3 Å². The Hall–Kier alpha value is -3.32. The molecular weight excluding hydrogens is 378 g/mol. The smallest absolute Gasteiger partial charge is 0.345 e. The molecule has 3 heterocycles. The fraction of sp³-hybridized carbons (Fsp3) is 0.143. The number of hydrogen-bond donors (Lipinski definition) is 1. The first-order chi connectivity index (χ1) is 13.6. The lowest BCUT2D eigenvalue weighted by Gasteiger charge is -2.18. The number of ether oxygens (including phenoxy) is 2. The van der Waals surface area contributed by atoms with Gasteiger partial charge in [-0.3, -0.25) is 4.79 Å². The van der Waals surface area contributed by atoms with E-state index < -0.39 is 5.63 Å². The minimum Gasteiger partial charge on any atom is -0.486 e. The molecule has 28 heavy (non-hydrogen) atoms. The third-order valence-corrected chi connectivity index (χ3v) is 5.73. The SMILES string of the molecule is Cc1ccc2oc(=O)c3cc(C(=O)Nc4ccc5c(c4)OCCO5)sc3c2c1. The average Bonchev–Trinajstić information content (AvgIpc) is 3.15. The van der Waals surface area contributed by atoms with E-state index in [9.17, 15) is 9.59 Å². The van der Waals surface area contributed by atoms with E-state index in [1.54, 1.807) is 30.3 Å². The molecule has 2 aromatic heterocycles. The summed E-state index contributed by atoms with van der Waals surface area (Å²) in [6.45, 7) is 2.96. The van der Waals surface area contributed by atoms with Gasteiger partial charge in [0.05, 0.1) is 15.0 Å². The van der Waals surface area contributed by atoms with Crippen LogP contribution in [0.5, 0.6) is 11.5 Å². The molecule has 0 atom stereocenters. The van der Waals surface area contributed by atoms with E-state index in [0.717, 1.165) is 15.6 Å². The van der Waals surface area contributed by atoms with Crippen LogP contribution in [-0.2, 0) is 0 Å². The Bertz CT molecular complexity index is 1300. The third-order valence-electron chi connectivity index (χ3n) is 4.56. The van der Waals surface area contributed by atoms with Gasteiger partial charge in [0.2, 0.25) is 0 Å². The first-order valence-electron chi connectivity index (χ1n) is 8.76. The number of carbonyl (C=O) groups excluding carboxylic acids is 1. The minimum atomic E-state index is -0.444. The average molecular weight is 393 g/mol. The molecule has 4 aromatic rings. The van der Waals surface area contributed by atoms with Gasteiger partial charge in [-0.25, -0.2) is 4.79 Å². The Labute approximate surface area is 163 Å². The first kappa shape index (κ1) is 16.8. The van der Waals surface area contributed by atoms with Gasteiger partial charge in [0.1, 0.15) is 18.8 Å². The summed E-state index contributed by atoms with van der Waals surface area (Å²) < 4.78 is 17.2. The van der Waals surface area contributed by atoms with Crippen molar-refractivity contribution in [1.82, 2.24) is 0 Å². The highest BCUT2D eigenvalue weighted by molar-refractivity contribution is 7.21. The monoisotopic (exact) mass is 393 g/mol. The highest BCUT2D eigenvalue weighted by Crippen LogP contribution is 2.34. The van der Waals surface area contributed by atoms with Crippen LogP contribution in [0, 0.1) is 6.92 Å². The lowest BCUT2D eigenvalue weighted by atomic mass is 10.1. The molecule has 1 aliphatic heterocycles. The molecule has 0 bridgehead atoms. The normalized spacial score (nSPS) is 13.0. The van der Waals surface area contributed by atoms with E-state index in [4.69, 9.17) is 13.9 Å². The second kappa shape index (κ2) is 6.38. The maximum Gasteiger partial charge on any atom is 0.345 e. The van der Waals surface area contributed by atoms with Gasteiger partial charge in [0.25, 0.3) is 5.91 Å². The Morgan fingerprint density at radius 2 is 1.82 bits per heavy atom. The van der Waals surface area contributed by atoms with Gasteiger partial charge < -0.3 is 19.2 Å². The van der Waals surface area contributed by atoms with Crippen LogP contribution in [0.4, 0.5) is 5.69 Å². The maximum atomic E-state index is 12.8. The number of benzene rings is 2. The molecule has 0 unspecified atom stereocenters. The fourth-order valence-corrected chi connectivity index (χ4v) is 4.30. The summed E-state index contributed by atoms with van der Waals surface area (Å²) in [7, 11) is 0. The number of nitrogens with one attached hydrogen (secondary N) is 1. The molecule has 0 saturated heterocycles. The quantitative estimate of drug-likeness (QED) is 0.513. The predicted octanol–water partition coefficient (Wildman–Crippen LogP) is 4.34. The van der Waals surface area contributed by atoms with Gasteiger partial charge in [0.15, 0.2) is 11.5 Å². The van der Waals surface area contributed by atoms with Gasteiger partial charge in [-0.2, -0.15) is 0 Å². The lowest BCUT2D eigenvalue weighted by Crippen LogP contribution is -2.16. The Kier molecular flexibility index (Phi) is 3.84. The number of aryl methyl sites for hydroxylation is 1. The molecule has 1 aliphatic rings. The summed E-state index contributed by atoms with van der Waals surface area (Å²) in [5.74, 6) is 0.964. The number of anilines is 1. The summed E-state index contributed by atoms with van der Waals surface area (Å²) in [6.07, 6.45) is 0. The highest BCUT2D eigenvalue weighted by Gasteiger charge is 2.18. The van der Waals surface area contributed by atoms with Gasteiger partial charge in [-0.15, -0.1) is 11.3 Å². The summed E-state index contributed by atoms with van der Waals surface area (Å²) in [6, 6.07) is 12.5. The Morgan fingerprint density at radius 3 is 2.68 bits per heavy atom. The number of amides is 1. The van der Waals surface area contributed by atoms with E-state index in [1.165, 1.54) is 11.3 Å². The van der Waals surface area contributed by atoms with Crippen LogP contribution < -0.4 is 20.4 Å². The van der Waals surface area contributed by atoms with E-state index >= 15 is 0 Å². The molecule has 0 radical (unpaired) electrons. The van der Waals surface area contributed by atoms with Crippen molar-refractivity contribution in [3.63, 3.8) is 0 Å². The second-order valence-electron chi connectivity index (χ2n) is 6.56. The van der Waals surface area contributed by atoms with Gasteiger partial charge in [0, 0.05) is 17.1 Å². The molecule has 6 nitrogen and oxygen atoms in total. The standard InChI is InChI=1S/C21H15NO5S/c1-11-2-4-15-13(8-11)19-14(21(24)27-15)10-18(28-19)20(23)22-12-3-5-16-17(9-12)26-7-6-25-16/h2-5,8-10H,6-7H2,1H3,(H,22,23). The van der Waals surface area contributed by atoms with Crippen LogP contribution in [-0.4, -0.2) is 19.1 Å². The largest absolute Gasteiger partial charge is 0.486 e. The van der Waals surface area contributed by atoms with Crippen molar-refractivity contribution in [2.24, 2.45) is 0 Å². The molecule has 5 rings (SSSR count). The van der Waals surface area contributed by atoms with Crippen molar-refractivity contribution >= 4 is 44.0 Å². The van der Waals surface area contributed by atoms with E-state index in [-0.39, 0.29) is 5.91 Å². The van der Waals surface area contributed by atoms with Crippen LogP contribution in [0.3, 0.4) is 0 Å². The van der Waals surface area contributed by atoms with Gasteiger partial charge in [-0.1, -0.05) is 11.6 Å². The van der Waals surface area contributed by atoms with Crippen LogP contribution in [0.1, 0.15) is 15.2 Å². The maximum absolute atomic E-state index is 12.8. The molecule has 0 fully saturated rings. The number of hydrogen-bond acceptors (Lipinski definition) is 6. The molecule has 0 aliphatic carbocycles. The highest BCUT2D eigenvalue weighted by atomic mass is 32.1. The Morgan fingerprint density at radius 1 is 1.00 bits per heavy atom. The zero-order valence-electron chi connectivity index (χ0n) is 14.9. The summed E-state index contributed by atoms with van der Waals surface area (Å²) in [5.41, 5.74) is 1.72. The topological polar surface area (TPSA) is 77.8 Å².